The van der Waals surface area contributed by atoms with E-state index in [1.807, 2.05) is 6.92 Å². The van der Waals surface area contributed by atoms with E-state index in [1.165, 1.54) is 13.2 Å². The Labute approximate surface area is 94.2 Å². The lowest BCUT2D eigenvalue weighted by atomic mass is 9.97. The maximum absolute atomic E-state index is 13.5. The number of methoxy groups -OCH3 is 1. The van der Waals surface area contributed by atoms with Crippen LogP contribution in [0.3, 0.4) is 0 Å². The van der Waals surface area contributed by atoms with Crippen LogP contribution >= 0.6 is 11.6 Å². The molecular formula is C11H15ClFNO. The first kappa shape index (κ1) is 12.3. The molecule has 0 aliphatic heterocycles. The second-order valence-electron chi connectivity index (χ2n) is 3.50. The van der Waals surface area contributed by atoms with Gasteiger partial charge in [0.05, 0.1) is 12.1 Å². The highest BCUT2D eigenvalue weighted by molar-refractivity contribution is 6.32. The van der Waals surface area contributed by atoms with Crippen molar-refractivity contribution < 1.29 is 9.13 Å². The summed E-state index contributed by atoms with van der Waals surface area (Å²) in [6.45, 7) is 2.57. The number of hydrogen-bond donors (Lipinski definition) is 1. The summed E-state index contributed by atoms with van der Waals surface area (Å²) in [4.78, 5) is 0. The third-order valence-electron chi connectivity index (χ3n) is 2.39. The van der Waals surface area contributed by atoms with Gasteiger partial charge in [0, 0.05) is 0 Å². The predicted molar refractivity (Wildman–Crippen MR) is 60.0 cm³/mol. The maximum atomic E-state index is 13.5. The number of ether oxygens (including phenoxy) is 1. The highest BCUT2D eigenvalue weighted by Gasteiger charge is 2.13. The van der Waals surface area contributed by atoms with E-state index in [9.17, 15) is 4.39 Å². The zero-order valence-corrected chi connectivity index (χ0v) is 9.64. The molecule has 0 saturated carbocycles. The average molecular weight is 232 g/mol. The monoisotopic (exact) mass is 231 g/mol. The molecule has 4 heteroatoms. The molecule has 0 amide bonds. The Kier molecular flexibility index (Phi) is 4.36. The Morgan fingerprint density at radius 1 is 1.53 bits per heavy atom. The van der Waals surface area contributed by atoms with Crippen LogP contribution in [0.5, 0.6) is 5.75 Å². The summed E-state index contributed by atoms with van der Waals surface area (Å²) in [5.41, 5.74) is 6.30. The normalized spacial score (nSPS) is 12.6. The molecule has 1 aromatic rings. The summed E-state index contributed by atoms with van der Waals surface area (Å²) in [5, 5.41) is 0.302. The average Bonchev–Trinajstić information content (AvgIpc) is 2.17. The van der Waals surface area contributed by atoms with Crippen molar-refractivity contribution in [3.05, 3.63) is 28.5 Å². The lowest BCUT2D eigenvalue weighted by Gasteiger charge is -2.13. The lowest BCUT2D eigenvalue weighted by Crippen LogP contribution is -2.05. The van der Waals surface area contributed by atoms with Gasteiger partial charge >= 0.3 is 0 Å². The molecule has 1 atom stereocenters. The second kappa shape index (κ2) is 5.33. The summed E-state index contributed by atoms with van der Waals surface area (Å²) in [6, 6.07) is 3.18. The smallest absolute Gasteiger partial charge is 0.173 e. The van der Waals surface area contributed by atoms with E-state index < -0.39 is 5.82 Å². The van der Waals surface area contributed by atoms with E-state index in [0.29, 0.717) is 11.6 Å². The van der Waals surface area contributed by atoms with Crippen molar-refractivity contribution in [2.24, 2.45) is 5.73 Å². The van der Waals surface area contributed by atoms with Crippen LogP contribution in [0.25, 0.3) is 0 Å². The van der Waals surface area contributed by atoms with Gasteiger partial charge in [0.15, 0.2) is 11.6 Å². The van der Waals surface area contributed by atoms with Gasteiger partial charge in [-0.25, -0.2) is 4.39 Å². The van der Waals surface area contributed by atoms with Crippen LogP contribution in [-0.2, 0) is 0 Å². The fraction of sp³-hybridized carbons (Fsp3) is 0.455. The minimum absolute atomic E-state index is 0.0976. The molecule has 0 saturated heterocycles. The summed E-state index contributed by atoms with van der Waals surface area (Å²) in [5.74, 6) is -0.128. The van der Waals surface area contributed by atoms with Crippen LogP contribution in [0.2, 0.25) is 5.02 Å². The maximum Gasteiger partial charge on any atom is 0.173 e. The molecule has 2 N–H and O–H groups in total. The number of hydrogen-bond acceptors (Lipinski definition) is 2. The summed E-state index contributed by atoms with van der Waals surface area (Å²) in [7, 11) is 1.40. The third kappa shape index (κ3) is 2.83. The fourth-order valence-corrected chi connectivity index (χ4v) is 1.77. The molecule has 0 aliphatic rings. The molecule has 0 heterocycles. The highest BCUT2D eigenvalue weighted by atomic mass is 35.5. The first-order valence-corrected chi connectivity index (χ1v) is 5.21. The minimum Gasteiger partial charge on any atom is -0.492 e. The van der Waals surface area contributed by atoms with Crippen LogP contribution in [0.4, 0.5) is 4.39 Å². The van der Waals surface area contributed by atoms with Gasteiger partial charge in [-0.15, -0.1) is 0 Å². The van der Waals surface area contributed by atoms with Gasteiger partial charge in [-0.2, -0.15) is 0 Å². The first-order valence-electron chi connectivity index (χ1n) is 4.83. The van der Waals surface area contributed by atoms with Crippen molar-refractivity contribution in [3.63, 3.8) is 0 Å². The molecule has 15 heavy (non-hydrogen) atoms. The molecule has 1 aromatic carbocycles. The summed E-state index contributed by atoms with van der Waals surface area (Å²) < 4.78 is 18.3. The molecule has 0 spiro atoms. The van der Waals surface area contributed by atoms with Gasteiger partial charge in [0.2, 0.25) is 0 Å². The number of halogens is 2. The van der Waals surface area contributed by atoms with Gasteiger partial charge < -0.3 is 10.5 Å². The van der Waals surface area contributed by atoms with Gasteiger partial charge in [-0.05, 0) is 36.6 Å². The summed E-state index contributed by atoms with van der Waals surface area (Å²) >= 11 is 5.88. The second-order valence-corrected chi connectivity index (χ2v) is 3.90. The molecule has 84 valence electrons. The molecule has 2 nitrogen and oxygen atoms in total. The molecule has 1 rings (SSSR count). The molecule has 0 radical (unpaired) electrons. The van der Waals surface area contributed by atoms with Gasteiger partial charge in [0.1, 0.15) is 0 Å². The highest BCUT2D eigenvalue weighted by Crippen LogP contribution is 2.32. The van der Waals surface area contributed by atoms with Crippen LogP contribution < -0.4 is 10.5 Å². The first-order chi connectivity index (χ1) is 7.10. The van der Waals surface area contributed by atoms with Crippen LogP contribution in [0.15, 0.2) is 12.1 Å². The zero-order valence-electron chi connectivity index (χ0n) is 8.89. The Hall–Kier alpha value is -0.800. The molecular weight excluding hydrogens is 217 g/mol. The predicted octanol–water partition coefficient (Wildman–Crippen LogP) is 2.94. The van der Waals surface area contributed by atoms with E-state index in [-0.39, 0.29) is 11.7 Å². The van der Waals surface area contributed by atoms with Gasteiger partial charge in [-0.1, -0.05) is 18.5 Å². The summed E-state index contributed by atoms with van der Waals surface area (Å²) in [6.07, 6.45) is 0.808. The quantitative estimate of drug-likeness (QED) is 0.865. The number of rotatable bonds is 4. The van der Waals surface area contributed by atoms with Crippen molar-refractivity contribution in [1.29, 1.82) is 0 Å². The molecule has 0 fully saturated rings. The topological polar surface area (TPSA) is 35.2 Å². The lowest BCUT2D eigenvalue weighted by molar-refractivity contribution is 0.386. The minimum atomic E-state index is -0.427. The van der Waals surface area contributed by atoms with Crippen molar-refractivity contribution in [1.82, 2.24) is 0 Å². The zero-order chi connectivity index (χ0) is 11.4. The molecule has 0 bridgehead atoms. The van der Waals surface area contributed by atoms with Crippen molar-refractivity contribution >= 4 is 11.6 Å². The molecule has 1 unspecified atom stereocenters. The van der Waals surface area contributed by atoms with Crippen LogP contribution in [-0.4, -0.2) is 13.7 Å². The Morgan fingerprint density at radius 3 is 2.67 bits per heavy atom. The van der Waals surface area contributed by atoms with E-state index in [4.69, 9.17) is 22.1 Å². The number of nitrogens with two attached hydrogens (primary N) is 1. The van der Waals surface area contributed by atoms with Gasteiger partial charge in [0.25, 0.3) is 0 Å². The van der Waals surface area contributed by atoms with E-state index >= 15 is 0 Å². The van der Waals surface area contributed by atoms with Crippen molar-refractivity contribution in [2.75, 3.05) is 13.7 Å². The SMILES string of the molecule is COc1c(F)cc(C(C)CCN)cc1Cl. The molecule has 0 aromatic heterocycles. The van der Waals surface area contributed by atoms with Crippen molar-refractivity contribution in [2.45, 2.75) is 19.3 Å². The largest absolute Gasteiger partial charge is 0.492 e. The van der Waals surface area contributed by atoms with E-state index in [1.54, 1.807) is 6.07 Å². The number of benzene rings is 1. The fourth-order valence-electron chi connectivity index (χ4n) is 1.48. The van der Waals surface area contributed by atoms with Gasteiger partial charge in [-0.3, -0.25) is 0 Å². The third-order valence-corrected chi connectivity index (χ3v) is 2.67. The Bertz CT molecular complexity index is 320. The van der Waals surface area contributed by atoms with E-state index in [0.717, 1.165) is 12.0 Å². The van der Waals surface area contributed by atoms with Crippen LogP contribution in [0.1, 0.15) is 24.8 Å². The van der Waals surface area contributed by atoms with E-state index in [2.05, 4.69) is 0 Å². The Balaban J connectivity index is 3.02. The Morgan fingerprint density at radius 2 is 2.20 bits per heavy atom. The van der Waals surface area contributed by atoms with Crippen LogP contribution in [0, 0.1) is 5.82 Å². The molecule has 0 aliphatic carbocycles. The van der Waals surface area contributed by atoms with Crippen molar-refractivity contribution in [3.8, 4) is 5.75 Å². The standard InChI is InChI=1S/C11H15ClFNO/c1-7(3-4-14)8-5-9(12)11(15-2)10(13)6-8/h5-7H,3-4,14H2,1-2H3.